The molecule has 110 valence electrons. The van der Waals surface area contributed by atoms with E-state index in [1.54, 1.807) is 0 Å². The summed E-state index contributed by atoms with van der Waals surface area (Å²) in [6.07, 6.45) is 1.94. The van der Waals surface area contributed by atoms with E-state index in [9.17, 15) is 4.79 Å². The van der Waals surface area contributed by atoms with Crippen molar-refractivity contribution >= 4 is 11.7 Å². The number of aromatic nitrogens is 1. The van der Waals surface area contributed by atoms with Crippen LogP contribution in [0, 0.1) is 11.8 Å². The number of likely N-dealkylation sites (tertiary alicyclic amines) is 1. The first-order chi connectivity index (χ1) is 9.55. The normalized spacial score (nSPS) is 22.1. The second-order valence-corrected chi connectivity index (χ2v) is 5.90. The van der Waals surface area contributed by atoms with E-state index in [-0.39, 0.29) is 5.91 Å². The summed E-state index contributed by atoms with van der Waals surface area (Å²) < 4.78 is 0. The number of aryl methyl sites for hydroxylation is 1. The van der Waals surface area contributed by atoms with Gasteiger partial charge in [0.2, 0.25) is 0 Å². The Kier molecular flexibility index (Phi) is 4.63. The van der Waals surface area contributed by atoms with Gasteiger partial charge < -0.3 is 10.2 Å². The molecular weight excluding hydrogens is 250 g/mol. The molecule has 2 rings (SSSR count). The molecule has 1 aliphatic rings. The Labute approximate surface area is 121 Å². The van der Waals surface area contributed by atoms with E-state index < -0.39 is 0 Å². The highest BCUT2D eigenvalue weighted by molar-refractivity contribution is 5.95. The van der Waals surface area contributed by atoms with Crippen LogP contribution in [0.1, 0.15) is 43.2 Å². The summed E-state index contributed by atoms with van der Waals surface area (Å²) in [5.41, 5.74) is 1.75. The maximum Gasteiger partial charge on any atom is 0.254 e. The summed E-state index contributed by atoms with van der Waals surface area (Å²) in [4.78, 5) is 19.1. The van der Waals surface area contributed by atoms with E-state index in [1.807, 2.05) is 24.1 Å². The third kappa shape index (κ3) is 3.11. The number of rotatable bonds is 4. The summed E-state index contributed by atoms with van der Waals surface area (Å²) in [6, 6.07) is 3.80. The lowest BCUT2D eigenvalue weighted by molar-refractivity contribution is 0.0785. The van der Waals surface area contributed by atoms with Crippen LogP contribution in [-0.2, 0) is 6.42 Å². The van der Waals surface area contributed by atoms with Crippen LogP contribution >= 0.6 is 0 Å². The van der Waals surface area contributed by atoms with Crippen LogP contribution < -0.4 is 5.32 Å². The Hall–Kier alpha value is -1.58. The maximum atomic E-state index is 12.6. The van der Waals surface area contributed by atoms with Gasteiger partial charge in [-0.2, -0.15) is 0 Å². The van der Waals surface area contributed by atoms with E-state index in [0.29, 0.717) is 11.8 Å². The van der Waals surface area contributed by atoms with Gasteiger partial charge in [0.1, 0.15) is 5.82 Å². The van der Waals surface area contributed by atoms with Gasteiger partial charge in [0.05, 0.1) is 0 Å². The lowest BCUT2D eigenvalue weighted by atomic mass is 10.0. The Balaban J connectivity index is 2.22. The highest BCUT2D eigenvalue weighted by Gasteiger charge is 2.30. The van der Waals surface area contributed by atoms with Gasteiger partial charge in [-0.25, -0.2) is 4.98 Å². The van der Waals surface area contributed by atoms with Crippen LogP contribution in [0.15, 0.2) is 12.1 Å². The molecule has 0 radical (unpaired) electrons. The van der Waals surface area contributed by atoms with E-state index >= 15 is 0 Å². The zero-order chi connectivity index (χ0) is 14.7. The second-order valence-electron chi connectivity index (χ2n) is 5.90. The minimum atomic E-state index is 0.137. The lowest BCUT2D eigenvalue weighted by Crippen LogP contribution is -2.29. The molecule has 1 aromatic heterocycles. The van der Waals surface area contributed by atoms with Gasteiger partial charge in [-0.05, 0) is 30.4 Å². The molecule has 0 spiro atoms. The molecule has 20 heavy (non-hydrogen) atoms. The van der Waals surface area contributed by atoms with Crippen LogP contribution in [0.5, 0.6) is 0 Å². The summed E-state index contributed by atoms with van der Waals surface area (Å²) in [5.74, 6) is 2.08. The molecule has 2 atom stereocenters. The van der Waals surface area contributed by atoms with Gasteiger partial charge in [0.25, 0.3) is 5.91 Å². The number of nitrogens with zero attached hydrogens (tertiary/aromatic N) is 2. The average Bonchev–Trinajstić information content (AvgIpc) is 2.78. The summed E-state index contributed by atoms with van der Waals surface area (Å²) in [7, 11) is 1.84. The number of hydrogen-bond acceptors (Lipinski definition) is 3. The molecule has 0 aliphatic carbocycles. The highest BCUT2D eigenvalue weighted by atomic mass is 16.2. The fraction of sp³-hybridized carbons (Fsp3) is 0.625. The Morgan fingerprint density at radius 2 is 2.00 bits per heavy atom. The molecular formula is C16H25N3O. The Morgan fingerprint density at radius 1 is 1.35 bits per heavy atom. The number of hydrogen-bond donors (Lipinski definition) is 1. The SMILES string of the molecule is CCCc1cc(C(=O)N2CC(C)C(C)C2)cc(NC)n1. The van der Waals surface area contributed by atoms with Crippen LogP contribution in [0.25, 0.3) is 0 Å². The molecule has 4 nitrogen and oxygen atoms in total. The van der Waals surface area contributed by atoms with Crippen LogP contribution in [0.3, 0.4) is 0 Å². The van der Waals surface area contributed by atoms with E-state index in [4.69, 9.17) is 0 Å². The number of pyridine rings is 1. The summed E-state index contributed by atoms with van der Waals surface area (Å²) in [5, 5.41) is 3.05. The predicted octanol–water partition coefficient (Wildman–Crippen LogP) is 2.80. The van der Waals surface area contributed by atoms with Crippen molar-refractivity contribution in [2.24, 2.45) is 11.8 Å². The number of carbonyl (C=O) groups excluding carboxylic acids is 1. The van der Waals surface area contributed by atoms with Crippen molar-refractivity contribution in [1.29, 1.82) is 0 Å². The molecule has 0 saturated carbocycles. The molecule has 2 unspecified atom stereocenters. The van der Waals surface area contributed by atoms with Crippen molar-refractivity contribution in [1.82, 2.24) is 9.88 Å². The molecule has 0 aromatic carbocycles. The molecule has 0 bridgehead atoms. The quantitative estimate of drug-likeness (QED) is 0.919. The first-order valence-electron chi connectivity index (χ1n) is 7.53. The zero-order valence-corrected chi connectivity index (χ0v) is 12.9. The Bertz CT molecular complexity index is 477. The van der Waals surface area contributed by atoms with Crippen molar-refractivity contribution in [3.63, 3.8) is 0 Å². The first-order valence-corrected chi connectivity index (χ1v) is 7.53. The topological polar surface area (TPSA) is 45.2 Å². The largest absolute Gasteiger partial charge is 0.373 e. The third-order valence-corrected chi connectivity index (χ3v) is 4.16. The lowest BCUT2D eigenvalue weighted by Gasteiger charge is -2.17. The highest BCUT2D eigenvalue weighted by Crippen LogP contribution is 2.24. The number of anilines is 1. The van der Waals surface area contributed by atoms with Crippen molar-refractivity contribution in [2.45, 2.75) is 33.6 Å². The van der Waals surface area contributed by atoms with Crippen LogP contribution in [0.4, 0.5) is 5.82 Å². The van der Waals surface area contributed by atoms with E-state index in [1.165, 1.54) is 0 Å². The van der Waals surface area contributed by atoms with Gasteiger partial charge in [-0.15, -0.1) is 0 Å². The zero-order valence-electron chi connectivity index (χ0n) is 12.9. The molecule has 4 heteroatoms. The number of carbonyl (C=O) groups is 1. The molecule has 2 heterocycles. The van der Waals surface area contributed by atoms with E-state index in [0.717, 1.165) is 43.0 Å². The van der Waals surface area contributed by atoms with Crippen LogP contribution in [-0.4, -0.2) is 35.9 Å². The van der Waals surface area contributed by atoms with Gasteiger partial charge >= 0.3 is 0 Å². The van der Waals surface area contributed by atoms with Crippen molar-refractivity contribution in [2.75, 3.05) is 25.5 Å². The fourth-order valence-corrected chi connectivity index (χ4v) is 2.70. The standard InChI is InChI=1S/C16H25N3O/c1-5-6-14-7-13(8-15(17-4)18-14)16(20)19-9-11(2)12(3)10-19/h7-8,11-12H,5-6,9-10H2,1-4H3,(H,17,18). The maximum absolute atomic E-state index is 12.6. The summed E-state index contributed by atoms with van der Waals surface area (Å²) in [6.45, 7) is 8.28. The van der Waals surface area contributed by atoms with Gasteiger partial charge in [0, 0.05) is 31.4 Å². The van der Waals surface area contributed by atoms with Crippen LogP contribution in [0.2, 0.25) is 0 Å². The number of amides is 1. The molecule has 1 N–H and O–H groups in total. The second kappa shape index (κ2) is 6.25. The average molecular weight is 275 g/mol. The van der Waals surface area contributed by atoms with Crippen molar-refractivity contribution in [3.8, 4) is 0 Å². The van der Waals surface area contributed by atoms with Gasteiger partial charge in [-0.3, -0.25) is 4.79 Å². The van der Waals surface area contributed by atoms with E-state index in [2.05, 4.69) is 31.1 Å². The predicted molar refractivity (Wildman–Crippen MR) is 82.0 cm³/mol. The van der Waals surface area contributed by atoms with Crippen molar-refractivity contribution < 1.29 is 4.79 Å². The Morgan fingerprint density at radius 3 is 2.55 bits per heavy atom. The fourth-order valence-electron chi connectivity index (χ4n) is 2.70. The monoisotopic (exact) mass is 275 g/mol. The van der Waals surface area contributed by atoms with Gasteiger partial charge in [-0.1, -0.05) is 27.2 Å². The first kappa shape index (κ1) is 14.8. The third-order valence-electron chi connectivity index (χ3n) is 4.16. The minimum Gasteiger partial charge on any atom is -0.373 e. The molecule has 1 saturated heterocycles. The molecule has 1 aromatic rings. The molecule has 1 amide bonds. The molecule has 1 fully saturated rings. The number of nitrogens with one attached hydrogen (secondary N) is 1. The molecule has 1 aliphatic heterocycles. The smallest absolute Gasteiger partial charge is 0.254 e. The summed E-state index contributed by atoms with van der Waals surface area (Å²) >= 11 is 0. The van der Waals surface area contributed by atoms with Crippen molar-refractivity contribution in [3.05, 3.63) is 23.4 Å². The minimum absolute atomic E-state index is 0.137. The van der Waals surface area contributed by atoms with Gasteiger partial charge in [0.15, 0.2) is 0 Å².